The number of nitrogens with zero attached hydrogens (tertiary/aromatic N) is 1. The highest BCUT2D eigenvalue weighted by Gasteiger charge is 2.27. The maximum Gasteiger partial charge on any atom is 0.341 e. The van der Waals surface area contributed by atoms with E-state index in [-0.39, 0.29) is 11.5 Å². The first-order valence-electron chi connectivity index (χ1n) is 12.1. The summed E-state index contributed by atoms with van der Waals surface area (Å²) in [7, 11) is -3.58. The van der Waals surface area contributed by atoms with Gasteiger partial charge in [0.15, 0.2) is 0 Å². The molecule has 4 rings (SSSR count). The highest BCUT2D eigenvalue weighted by molar-refractivity contribution is 7.89. The van der Waals surface area contributed by atoms with Gasteiger partial charge in [-0.1, -0.05) is 37.6 Å². The fourth-order valence-corrected chi connectivity index (χ4v) is 6.67. The lowest BCUT2D eigenvalue weighted by Gasteiger charge is -2.25. The fraction of sp³-hybridized carbons (Fsp3) is 0.333. The molecule has 0 saturated carbocycles. The number of rotatable bonds is 8. The highest BCUT2D eigenvalue weighted by Crippen LogP contribution is 2.36. The Morgan fingerprint density at radius 1 is 0.972 bits per heavy atom. The number of nitrogens with one attached hydrogen (secondary N) is 1. The lowest BCUT2D eigenvalue weighted by Crippen LogP contribution is -2.35. The minimum absolute atomic E-state index is 0.169. The summed E-state index contributed by atoms with van der Waals surface area (Å²) in [5, 5.41) is 5.04. The van der Waals surface area contributed by atoms with Crippen molar-refractivity contribution in [1.29, 1.82) is 0 Å². The van der Waals surface area contributed by atoms with Crippen LogP contribution in [0.1, 0.15) is 59.4 Å². The summed E-state index contributed by atoms with van der Waals surface area (Å²) in [6.07, 6.45) is 3.66. The second-order valence-corrected chi connectivity index (χ2v) is 11.4. The fourth-order valence-electron chi connectivity index (χ4n) is 4.20. The minimum Gasteiger partial charge on any atom is -0.462 e. The Morgan fingerprint density at radius 3 is 2.25 bits per heavy atom. The SMILES string of the molecule is CCOC(=O)c1c(-c2ccc(CC)cc2)csc1NC(=O)c1ccc(S(=O)(=O)N2CCCCC2)cc1. The van der Waals surface area contributed by atoms with E-state index in [1.165, 1.54) is 45.5 Å². The van der Waals surface area contributed by atoms with Crippen molar-refractivity contribution in [3.05, 3.63) is 70.6 Å². The van der Waals surface area contributed by atoms with Crippen LogP contribution in [0.5, 0.6) is 0 Å². The molecule has 1 aromatic heterocycles. The summed E-state index contributed by atoms with van der Waals surface area (Å²) in [5.41, 5.74) is 3.35. The van der Waals surface area contributed by atoms with Crippen LogP contribution in [-0.2, 0) is 21.2 Å². The monoisotopic (exact) mass is 526 g/mol. The number of thiophene rings is 1. The van der Waals surface area contributed by atoms with Crippen LogP contribution in [0.15, 0.2) is 58.8 Å². The zero-order valence-electron chi connectivity index (χ0n) is 20.5. The van der Waals surface area contributed by atoms with E-state index in [0.717, 1.165) is 31.2 Å². The zero-order valence-corrected chi connectivity index (χ0v) is 22.1. The smallest absolute Gasteiger partial charge is 0.341 e. The van der Waals surface area contributed by atoms with Gasteiger partial charge < -0.3 is 10.1 Å². The van der Waals surface area contributed by atoms with Gasteiger partial charge in [-0.05, 0) is 61.6 Å². The highest BCUT2D eigenvalue weighted by atomic mass is 32.2. The lowest BCUT2D eigenvalue weighted by atomic mass is 10.0. The van der Waals surface area contributed by atoms with E-state index in [2.05, 4.69) is 12.2 Å². The van der Waals surface area contributed by atoms with E-state index >= 15 is 0 Å². The number of amides is 1. The number of hydrogen-bond donors (Lipinski definition) is 1. The maximum absolute atomic E-state index is 13.0. The van der Waals surface area contributed by atoms with Crippen molar-refractivity contribution < 1.29 is 22.7 Å². The topological polar surface area (TPSA) is 92.8 Å². The van der Waals surface area contributed by atoms with E-state index in [9.17, 15) is 18.0 Å². The van der Waals surface area contributed by atoms with Crippen LogP contribution < -0.4 is 5.32 Å². The number of anilines is 1. The van der Waals surface area contributed by atoms with Gasteiger partial charge >= 0.3 is 5.97 Å². The van der Waals surface area contributed by atoms with Crippen LogP contribution in [0.4, 0.5) is 5.00 Å². The van der Waals surface area contributed by atoms with Crippen molar-refractivity contribution >= 4 is 38.2 Å². The number of carbonyl (C=O) groups is 2. The van der Waals surface area contributed by atoms with Gasteiger partial charge in [0.2, 0.25) is 10.0 Å². The summed E-state index contributed by atoms with van der Waals surface area (Å²) in [6.45, 7) is 5.06. The maximum atomic E-state index is 13.0. The van der Waals surface area contributed by atoms with Crippen LogP contribution in [-0.4, -0.2) is 44.3 Å². The molecule has 1 saturated heterocycles. The number of ether oxygens (including phenoxy) is 1. The van der Waals surface area contributed by atoms with E-state index in [0.29, 0.717) is 34.8 Å². The molecule has 1 aliphatic rings. The molecular formula is C27H30N2O5S2. The van der Waals surface area contributed by atoms with Crippen molar-refractivity contribution in [3.8, 4) is 11.1 Å². The van der Waals surface area contributed by atoms with Crippen molar-refractivity contribution in [2.75, 3.05) is 25.0 Å². The molecule has 1 N–H and O–H groups in total. The van der Waals surface area contributed by atoms with Crippen LogP contribution in [0.3, 0.4) is 0 Å². The second-order valence-electron chi connectivity index (χ2n) is 8.57. The molecule has 0 unspecified atom stereocenters. The van der Waals surface area contributed by atoms with Gasteiger partial charge in [0.25, 0.3) is 5.91 Å². The first kappa shape index (κ1) is 26.1. The van der Waals surface area contributed by atoms with E-state index in [4.69, 9.17) is 4.74 Å². The minimum atomic E-state index is -3.58. The van der Waals surface area contributed by atoms with Crippen molar-refractivity contribution in [2.45, 2.75) is 44.4 Å². The van der Waals surface area contributed by atoms with E-state index < -0.39 is 21.9 Å². The van der Waals surface area contributed by atoms with Crippen LogP contribution in [0.25, 0.3) is 11.1 Å². The second kappa shape index (κ2) is 11.4. The standard InChI is InChI=1S/C27H30N2O5S2/c1-3-19-8-10-20(11-9-19)23-18-35-26(24(23)27(31)34-4-2)28-25(30)21-12-14-22(15-13-21)36(32,33)29-16-6-5-7-17-29/h8-15,18H,3-7,16-17H2,1-2H3,(H,28,30). The summed E-state index contributed by atoms with van der Waals surface area (Å²) >= 11 is 1.25. The van der Waals surface area contributed by atoms with E-state index in [1.807, 2.05) is 29.6 Å². The Labute approximate surface area is 216 Å². The zero-order chi connectivity index (χ0) is 25.7. The molecule has 1 amide bonds. The third-order valence-electron chi connectivity index (χ3n) is 6.24. The first-order valence-corrected chi connectivity index (χ1v) is 14.5. The van der Waals surface area contributed by atoms with Gasteiger partial charge in [0, 0.05) is 29.6 Å². The number of sulfonamides is 1. The molecule has 0 spiro atoms. The average Bonchev–Trinajstić information content (AvgIpc) is 3.33. The third-order valence-corrected chi connectivity index (χ3v) is 9.05. The van der Waals surface area contributed by atoms with Gasteiger partial charge in [0.05, 0.1) is 11.5 Å². The number of esters is 1. The Morgan fingerprint density at radius 2 is 1.64 bits per heavy atom. The van der Waals surface area contributed by atoms with Gasteiger partial charge in [-0.2, -0.15) is 4.31 Å². The van der Waals surface area contributed by atoms with E-state index in [1.54, 1.807) is 6.92 Å². The molecule has 0 bridgehead atoms. The van der Waals surface area contributed by atoms with Crippen LogP contribution in [0, 0.1) is 0 Å². The molecule has 7 nitrogen and oxygen atoms in total. The molecule has 1 aliphatic heterocycles. The number of aryl methyl sites for hydroxylation is 1. The predicted octanol–water partition coefficient (Wildman–Crippen LogP) is 5.58. The Balaban J connectivity index is 1.57. The third kappa shape index (κ3) is 5.53. The Bertz CT molecular complexity index is 1320. The molecule has 2 aromatic carbocycles. The molecule has 190 valence electrons. The largest absolute Gasteiger partial charge is 0.462 e. The Hall–Kier alpha value is -3.01. The quantitative estimate of drug-likeness (QED) is 0.387. The molecular weight excluding hydrogens is 496 g/mol. The lowest BCUT2D eigenvalue weighted by molar-refractivity contribution is 0.0529. The number of hydrogen-bond acceptors (Lipinski definition) is 6. The normalized spacial score (nSPS) is 14.4. The summed E-state index contributed by atoms with van der Waals surface area (Å²) < 4.78 is 32.6. The molecule has 9 heteroatoms. The molecule has 0 aliphatic carbocycles. The van der Waals surface area contributed by atoms with Crippen LogP contribution in [0.2, 0.25) is 0 Å². The van der Waals surface area contributed by atoms with Gasteiger partial charge in [-0.25, -0.2) is 13.2 Å². The predicted molar refractivity (Wildman–Crippen MR) is 142 cm³/mol. The van der Waals surface area contributed by atoms with Crippen molar-refractivity contribution in [2.24, 2.45) is 0 Å². The molecule has 0 atom stereocenters. The summed E-state index contributed by atoms with van der Waals surface area (Å²) in [6, 6.07) is 13.8. The Kier molecular flexibility index (Phi) is 8.23. The first-order chi connectivity index (χ1) is 17.3. The molecule has 2 heterocycles. The van der Waals surface area contributed by atoms with Crippen LogP contribution >= 0.6 is 11.3 Å². The number of benzene rings is 2. The molecule has 36 heavy (non-hydrogen) atoms. The average molecular weight is 527 g/mol. The van der Waals surface area contributed by atoms with Crippen molar-refractivity contribution in [1.82, 2.24) is 4.31 Å². The summed E-state index contributed by atoms with van der Waals surface area (Å²) in [4.78, 5) is 26.0. The number of carbonyl (C=O) groups excluding carboxylic acids is 2. The van der Waals surface area contributed by atoms with Crippen molar-refractivity contribution in [3.63, 3.8) is 0 Å². The molecule has 0 radical (unpaired) electrons. The summed E-state index contributed by atoms with van der Waals surface area (Å²) in [5.74, 6) is -0.941. The van der Waals surface area contributed by atoms with Gasteiger partial charge in [-0.3, -0.25) is 4.79 Å². The van der Waals surface area contributed by atoms with Gasteiger partial charge in [0.1, 0.15) is 10.6 Å². The molecule has 1 fully saturated rings. The van der Waals surface area contributed by atoms with Gasteiger partial charge in [-0.15, -0.1) is 11.3 Å². The molecule has 3 aromatic rings. The number of piperidine rings is 1.